The molecule has 0 aliphatic carbocycles. The van der Waals surface area contributed by atoms with Gasteiger partial charge in [-0.15, -0.1) is 24.0 Å². The van der Waals surface area contributed by atoms with Crippen molar-refractivity contribution in [1.82, 2.24) is 25.3 Å². The lowest BCUT2D eigenvalue weighted by Crippen LogP contribution is -2.54. The molecule has 0 atom stereocenters. The van der Waals surface area contributed by atoms with Gasteiger partial charge in [-0.2, -0.15) is 13.2 Å². The van der Waals surface area contributed by atoms with Crippen LogP contribution in [-0.2, 0) is 4.79 Å². The number of hydrogen-bond acceptors (Lipinski definition) is 4. The fraction of sp³-hybridized carbons (Fsp3) is 0.875. The number of nitrogens with zero attached hydrogens (tertiary/aromatic N) is 4. The third kappa shape index (κ3) is 11.6. The first-order valence-electron chi connectivity index (χ1n) is 8.83. The van der Waals surface area contributed by atoms with Crippen LogP contribution in [0, 0.1) is 0 Å². The van der Waals surface area contributed by atoms with Crippen molar-refractivity contribution in [3.05, 3.63) is 0 Å². The number of guanidine groups is 1. The highest BCUT2D eigenvalue weighted by Crippen LogP contribution is 2.15. The van der Waals surface area contributed by atoms with Gasteiger partial charge in [-0.3, -0.25) is 19.6 Å². The highest BCUT2D eigenvalue weighted by Gasteiger charge is 2.29. The fourth-order valence-corrected chi connectivity index (χ4v) is 2.76. The first-order valence-corrected chi connectivity index (χ1v) is 8.83. The summed E-state index contributed by atoms with van der Waals surface area (Å²) in [5, 5.41) is 5.98. The Bertz CT molecular complexity index is 468. The summed E-state index contributed by atoms with van der Waals surface area (Å²) in [5.41, 5.74) is 0. The van der Waals surface area contributed by atoms with E-state index in [1.807, 2.05) is 13.8 Å². The molecule has 0 aromatic heterocycles. The van der Waals surface area contributed by atoms with Crippen LogP contribution in [0.2, 0.25) is 0 Å². The number of likely N-dealkylation sites (N-methyl/N-ethyl adjacent to an activating group) is 1. The molecule has 1 heterocycles. The SMILES string of the molecule is CN=C(NCCN(C)CC(F)(F)F)N1CCN(CC(=O)NC(C)C)CC1.I. The molecule has 0 radical (unpaired) electrons. The molecule has 0 bridgehead atoms. The molecule has 1 amide bonds. The minimum absolute atomic E-state index is 0. The number of halogens is 4. The molecule has 1 aliphatic heterocycles. The monoisotopic (exact) mass is 508 g/mol. The Labute approximate surface area is 176 Å². The van der Waals surface area contributed by atoms with Gasteiger partial charge in [0.05, 0.1) is 13.1 Å². The summed E-state index contributed by atoms with van der Waals surface area (Å²) in [5.74, 6) is 0.695. The molecule has 0 saturated carbocycles. The van der Waals surface area contributed by atoms with Crippen LogP contribution in [0.3, 0.4) is 0 Å². The van der Waals surface area contributed by atoms with E-state index in [0.717, 1.165) is 13.1 Å². The van der Waals surface area contributed by atoms with Crippen molar-refractivity contribution >= 4 is 35.8 Å². The van der Waals surface area contributed by atoms with Crippen molar-refractivity contribution in [1.29, 1.82) is 0 Å². The Morgan fingerprint density at radius 1 is 1.22 bits per heavy atom. The third-order valence-electron chi connectivity index (χ3n) is 3.93. The minimum Gasteiger partial charge on any atom is -0.355 e. The highest BCUT2D eigenvalue weighted by atomic mass is 127. The van der Waals surface area contributed by atoms with E-state index in [1.54, 1.807) is 7.05 Å². The van der Waals surface area contributed by atoms with Crippen molar-refractivity contribution in [3.63, 3.8) is 0 Å². The largest absolute Gasteiger partial charge is 0.401 e. The summed E-state index contributed by atoms with van der Waals surface area (Å²) < 4.78 is 37.0. The van der Waals surface area contributed by atoms with Gasteiger partial charge in [0, 0.05) is 52.4 Å². The summed E-state index contributed by atoms with van der Waals surface area (Å²) >= 11 is 0. The third-order valence-corrected chi connectivity index (χ3v) is 3.93. The number of carbonyl (C=O) groups is 1. The number of carbonyl (C=O) groups excluding carboxylic acids is 1. The summed E-state index contributed by atoms with van der Waals surface area (Å²) in [6, 6.07) is 0.127. The van der Waals surface area contributed by atoms with E-state index in [-0.39, 0.29) is 42.5 Å². The van der Waals surface area contributed by atoms with Crippen molar-refractivity contribution in [2.45, 2.75) is 26.1 Å². The van der Waals surface area contributed by atoms with Gasteiger partial charge < -0.3 is 15.5 Å². The number of hydrogen-bond donors (Lipinski definition) is 2. The van der Waals surface area contributed by atoms with E-state index in [9.17, 15) is 18.0 Å². The van der Waals surface area contributed by atoms with E-state index in [2.05, 4.69) is 25.4 Å². The second-order valence-corrected chi connectivity index (χ2v) is 6.81. The fourth-order valence-electron chi connectivity index (χ4n) is 2.76. The van der Waals surface area contributed by atoms with E-state index in [4.69, 9.17) is 0 Å². The highest BCUT2D eigenvalue weighted by molar-refractivity contribution is 14.0. The smallest absolute Gasteiger partial charge is 0.355 e. The Morgan fingerprint density at radius 2 is 1.81 bits per heavy atom. The molecule has 7 nitrogen and oxygen atoms in total. The van der Waals surface area contributed by atoms with Crippen molar-refractivity contribution in [2.75, 3.05) is 66.5 Å². The van der Waals surface area contributed by atoms with Gasteiger partial charge >= 0.3 is 6.18 Å². The minimum atomic E-state index is -4.19. The zero-order valence-electron chi connectivity index (χ0n) is 16.5. The van der Waals surface area contributed by atoms with Gasteiger partial charge in [0.25, 0.3) is 0 Å². The number of alkyl halides is 3. The Kier molecular flexibility index (Phi) is 12.2. The second kappa shape index (κ2) is 12.6. The molecular weight excluding hydrogens is 476 g/mol. The van der Waals surface area contributed by atoms with Crippen LogP contribution in [0.4, 0.5) is 13.2 Å². The summed E-state index contributed by atoms with van der Waals surface area (Å²) in [6.45, 7) is 6.87. The normalized spacial score (nSPS) is 16.5. The molecule has 0 unspecified atom stereocenters. The van der Waals surface area contributed by atoms with Crippen LogP contribution in [0.1, 0.15) is 13.8 Å². The number of amides is 1. The van der Waals surface area contributed by atoms with Crippen LogP contribution in [0.15, 0.2) is 4.99 Å². The molecule has 1 rings (SSSR count). The van der Waals surface area contributed by atoms with Gasteiger partial charge in [0.1, 0.15) is 0 Å². The van der Waals surface area contributed by atoms with E-state index < -0.39 is 12.7 Å². The Hall–Kier alpha value is -0.820. The molecule has 11 heteroatoms. The quantitative estimate of drug-likeness (QED) is 0.303. The lowest BCUT2D eigenvalue weighted by molar-refractivity contribution is -0.142. The number of nitrogens with one attached hydrogen (secondary N) is 2. The Balaban J connectivity index is 0.00000676. The van der Waals surface area contributed by atoms with Crippen LogP contribution < -0.4 is 10.6 Å². The average Bonchev–Trinajstić information content (AvgIpc) is 2.50. The number of piperazine rings is 1. The summed E-state index contributed by atoms with van der Waals surface area (Å²) in [6.07, 6.45) is -4.19. The van der Waals surface area contributed by atoms with E-state index >= 15 is 0 Å². The predicted molar refractivity (Wildman–Crippen MR) is 112 cm³/mol. The van der Waals surface area contributed by atoms with Gasteiger partial charge in [-0.1, -0.05) is 0 Å². The zero-order valence-corrected chi connectivity index (χ0v) is 18.8. The molecular formula is C16H32F3IN6O. The van der Waals surface area contributed by atoms with Crippen molar-refractivity contribution in [3.8, 4) is 0 Å². The maximum Gasteiger partial charge on any atom is 0.401 e. The van der Waals surface area contributed by atoms with Crippen molar-refractivity contribution in [2.24, 2.45) is 4.99 Å². The lowest BCUT2D eigenvalue weighted by Gasteiger charge is -2.36. The summed E-state index contributed by atoms with van der Waals surface area (Å²) in [4.78, 5) is 21.4. The van der Waals surface area contributed by atoms with Crippen LogP contribution >= 0.6 is 24.0 Å². The lowest BCUT2D eigenvalue weighted by atomic mass is 10.3. The molecule has 1 fully saturated rings. The first-order chi connectivity index (χ1) is 12.1. The average molecular weight is 508 g/mol. The van der Waals surface area contributed by atoms with Crippen molar-refractivity contribution < 1.29 is 18.0 Å². The maximum atomic E-state index is 12.3. The Morgan fingerprint density at radius 3 is 2.30 bits per heavy atom. The van der Waals surface area contributed by atoms with Gasteiger partial charge in [0.15, 0.2) is 5.96 Å². The second-order valence-electron chi connectivity index (χ2n) is 6.81. The molecule has 0 aromatic rings. The molecule has 1 aliphatic rings. The summed E-state index contributed by atoms with van der Waals surface area (Å²) in [7, 11) is 3.10. The molecule has 1 saturated heterocycles. The van der Waals surface area contributed by atoms with Crippen LogP contribution in [0.5, 0.6) is 0 Å². The van der Waals surface area contributed by atoms with Gasteiger partial charge in [-0.05, 0) is 20.9 Å². The number of aliphatic imine (C=N–C) groups is 1. The predicted octanol–water partition coefficient (Wildman–Crippen LogP) is 0.816. The standard InChI is InChI=1S/C16H31F3N6O.HI/c1-13(2)22-14(26)11-24-7-9-25(10-8-24)15(20-3)21-5-6-23(4)12-16(17,18)19;/h13H,5-12H2,1-4H3,(H,20,21)(H,22,26);1H. The molecule has 160 valence electrons. The maximum absolute atomic E-state index is 12.3. The van der Waals surface area contributed by atoms with Gasteiger partial charge in [-0.25, -0.2) is 0 Å². The van der Waals surface area contributed by atoms with Gasteiger partial charge in [0.2, 0.25) is 5.91 Å². The van der Waals surface area contributed by atoms with E-state index in [0.29, 0.717) is 32.1 Å². The first kappa shape index (κ1) is 26.2. The topological polar surface area (TPSA) is 63.2 Å². The molecule has 0 aromatic carbocycles. The molecule has 0 spiro atoms. The van der Waals surface area contributed by atoms with Crippen LogP contribution in [0.25, 0.3) is 0 Å². The van der Waals surface area contributed by atoms with Crippen LogP contribution in [-0.4, -0.2) is 105 Å². The molecule has 2 N–H and O–H groups in total. The number of rotatable bonds is 7. The van der Waals surface area contributed by atoms with E-state index in [1.165, 1.54) is 11.9 Å². The molecule has 27 heavy (non-hydrogen) atoms. The zero-order chi connectivity index (χ0) is 19.7.